The van der Waals surface area contributed by atoms with Gasteiger partial charge in [0.15, 0.2) is 0 Å². The minimum Gasteiger partial charge on any atom is -0.394 e. The predicted molar refractivity (Wildman–Crippen MR) is 67.2 cm³/mol. The predicted octanol–water partition coefficient (Wildman–Crippen LogP) is -0.553. The summed E-state index contributed by atoms with van der Waals surface area (Å²) in [7, 11) is 0. The first kappa shape index (κ1) is 14.2. The summed E-state index contributed by atoms with van der Waals surface area (Å²) in [6.07, 6.45) is 1.27. The van der Waals surface area contributed by atoms with E-state index in [2.05, 4.69) is 11.8 Å². The highest BCUT2D eigenvalue weighted by molar-refractivity contribution is 4.91. The molecule has 106 valence electrons. The maximum atomic E-state index is 9.91. The molecule has 18 heavy (non-hydrogen) atoms. The van der Waals surface area contributed by atoms with Crippen LogP contribution in [-0.4, -0.2) is 71.4 Å². The van der Waals surface area contributed by atoms with E-state index in [-0.39, 0.29) is 19.3 Å². The van der Waals surface area contributed by atoms with Crippen molar-refractivity contribution in [3.63, 3.8) is 0 Å². The SMILES string of the molecule is CC1CN1CC(O)CC1CC1COC(CO)CO. The van der Waals surface area contributed by atoms with Crippen molar-refractivity contribution in [3.8, 4) is 0 Å². The maximum Gasteiger partial charge on any atom is 0.104 e. The van der Waals surface area contributed by atoms with Crippen molar-refractivity contribution < 1.29 is 20.1 Å². The highest BCUT2D eigenvalue weighted by atomic mass is 16.5. The summed E-state index contributed by atoms with van der Waals surface area (Å²) in [6.45, 7) is 4.39. The number of rotatable bonds is 9. The Balaban J connectivity index is 1.54. The number of ether oxygens (including phenoxy) is 1. The summed E-state index contributed by atoms with van der Waals surface area (Å²) < 4.78 is 5.39. The number of aliphatic hydroxyl groups is 3. The van der Waals surface area contributed by atoms with Gasteiger partial charge in [0.1, 0.15) is 6.10 Å². The smallest absolute Gasteiger partial charge is 0.104 e. The molecule has 1 heterocycles. The van der Waals surface area contributed by atoms with Gasteiger partial charge in [0.05, 0.1) is 25.9 Å². The highest BCUT2D eigenvalue weighted by Crippen LogP contribution is 2.42. The highest BCUT2D eigenvalue weighted by Gasteiger charge is 2.40. The summed E-state index contributed by atoms with van der Waals surface area (Å²) in [4.78, 5) is 2.27. The molecule has 1 saturated heterocycles. The molecule has 0 aromatic rings. The maximum absolute atomic E-state index is 9.91. The van der Waals surface area contributed by atoms with Gasteiger partial charge in [-0.15, -0.1) is 0 Å². The number of aliphatic hydroxyl groups excluding tert-OH is 3. The molecule has 3 N–H and O–H groups in total. The minimum atomic E-state index is -0.449. The van der Waals surface area contributed by atoms with E-state index in [4.69, 9.17) is 14.9 Å². The second kappa shape index (κ2) is 6.30. The molecule has 1 aliphatic heterocycles. The summed E-state index contributed by atoms with van der Waals surface area (Å²) in [5.74, 6) is 1.04. The van der Waals surface area contributed by atoms with E-state index in [0.29, 0.717) is 24.5 Å². The molecule has 0 aromatic carbocycles. The zero-order valence-corrected chi connectivity index (χ0v) is 11.0. The molecule has 5 unspecified atom stereocenters. The van der Waals surface area contributed by atoms with E-state index in [9.17, 15) is 5.11 Å². The Morgan fingerprint density at radius 3 is 2.50 bits per heavy atom. The standard InChI is InChI=1S/C13H25NO4/c1-9-4-14(9)5-12(17)3-10-2-11(10)8-18-13(6-15)7-16/h9-13,15-17H,2-8H2,1H3. The van der Waals surface area contributed by atoms with E-state index < -0.39 is 6.10 Å². The molecule has 0 bridgehead atoms. The topological polar surface area (TPSA) is 72.9 Å². The monoisotopic (exact) mass is 259 g/mol. The first-order valence-electron chi connectivity index (χ1n) is 6.89. The molecule has 5 nitrogen and oxygen atoms in total. The average Bonchev–Trinajstić information content (AvgIpc) is 3.22. The third kappa shape index (κ3) is 4.17. The summed E-state index contributed by atoms with van der Waals surface area (Å²) in [5, 5.41) is 27.7. The van der Waals surface area contributed by atoms with E-state index in [1.807, 2.05) is 0 Å². The number of nitrogens with zero attached hydrogens (tertiary/aromatic N) is 1. The van der Waals surface area contributed by atoms with Crippen LogP contribution in [0.3, 0.4) is 0 Å². The van der Waals surface area contributed by atoms with Gasteiger partial charge in [-0.2, -0.15) is 0 Å². The van der Waals surface area contributed by atoms with E-state index in [1.165, 1.54) is 0 Å². The Bertz CT molecular complexity index is 259. The van der Waals surface area contributed by atoms with Crippen LogP contribution in [0, 0.1) is 11.8 Å². The Kier molecular flexibility index (Phi) is 4.98. The van der Waals surface area contributed by atoms with Crippen LogP contribution in [0.4, 0.5) is 0 Å². The Morgan fingerprint density at radius 2 is 1.94 bits per heavy atom. The molecule has 2 rings (SSSR count). The second-order valence-corrected chi connectivity index (χ2v) is 5.77. The Morgan fingerprint density at radius 1 is 1.28 bits per heavy atom. The first-order valence-corrected chi connectivity index (χ1v) is 6.89. The molecule has 5 heteroatoms. The molecule has 2 aliphatic rings. The normalized spacial score (nSPS) is 35.8. The van der Waals surface area contributed by atoms with Crippen LogP contribution in [0.1, 0.15) is 19.8 Å². The minimum absolute atomic E-state index is 0.136. The van der Waals surface area contributed by atoms with E-state index >= 15 is 0 Å². The molecule has 1 aliphatic carbocycles. The second-order valence-electron chi connectivity index (χ2n) is 5.77. The van der Waals surface area contributed by atoms with Crippen molar-refractivity contribution >= 4 is 0 Å². The van der Waals surface area contributed by atoms with E-state index in [1.54, 1.807) is 0 Å². The average molecular weight is 259 g/mol. The molecule has 2 fully saturated rings. The van der Waals surface area contributed by atoms with Crippen molar-refractivity contribution in [1.29, 1.82) is 0 Å². The molecule has 0 aromatic heterocycles. The lowest BCUT2D eigenvalue weighted by Crippen LogP contribution is -2.24. The van der Waals surface area contributed by atoms with E-state index in [0.717, 1.165) is 25.9 Å². The van der Waals surface area contributed by atoms with Gasteiger partial charge in [-0.3, -0.25) is 4.90 Å². The van der Waals surface area contributed by atoms with Crippen LogP contribution in [0.5, 0.6) is 0 Å². The molecule has 0 radical (unpaired) electrons. The molecule has 0 spiro atoms. The van der Waals surface area contributed by atoms with Gasteiger partial charge >= 0.3 is 0 Å². The molecule has 0 amide bonds. The van der Waals surface area contributed by atoms with Gasteiger partial charge in [0.25, 0.3) is 0 Å². The van der Waals surface area contributed by atoms with Gasteiger partial charge in [0, 0.05) is 19.1 Å². The molecule has 1 saturated carbocycles. The Hall–Kier alpha value is -0.200. The van der Waals surface area contributed by atoms with Gasteiger partial charge < -0.3 is 20.1 Å². The van der Waals surface area contributed by atoms with Gasteiger partial charge in [-0.1, -0.05) is 0 Å². The van der Waals surface area contributed by atoms with Crippen molar-refractivity contribution in [2.45, 2.75) is 38.0 Å². The lowest BCUT2D eigenvalue weighted by Gasteiger charge is -2.13. The zero-order valence-electron chi connectivity index (χ0n) is 11.0. The fourth-order valence-electron chi connectivity index (χ4n) is 2.47. The molecule has 5 atom stereocenters. The number of β-amino-alcohol motifs (C(OH)–C–C–N with tert-alkyl or cyclic N) is 1. The number of hydrogen-bond donors (Lipinski definition) is 3. The zero-order chi connectivity index (χ0) is 13.1. The van der Waals surface area contributed by atoms with Crippen LogP contribution < -0.4 is 0 Å². The van der Waals surface area contributed by atoms with Crippen molar-refractivity contribution in [1.82, 2.24) is 4.90 Å². The third-order valence-electron chi connectivity index (χ3n) is 4.03. The molecular weight excluding hydrogens is 234 g/mol. The van der Waals surface area contributed by atoms with Crippen molar-refractivity contribution in [2.24, 2.45) is 11.8 Å². The summed E-state index contributed by atoms with van der Waals surface area (Å²) in [5.41, 5.74) is 0. The third-order valence-corrected chi connectivity index (χ3v) is 4.03. The van der Waals surface area contributed by atoms with Crippen molar-refractivity contribution in [3.05, 3.63) is 0 Å². The lowest BCUT2D eigenvalue weighted by atomic mass is 10.1. The fourth-order valence-corrected chi connectivity index (χ4v) is 2.47. The molecular formula is C13H25NO4. The fraction of sp³-hybridized carbons (Fsp3) is 1.00. The first-order chi connectivity index (χ1) is 8.63. The van der Waals surface area contributed by atoms with Gasteiger partial charge in [-0.05, 0) is 31.6 Å². The quantitative estimate of drug-likeness (QED) is 0.484. The van der Waals surface area contributed by atoms with Crippen molar-refractivity contribution in [2.75, 3.05) is 32.9 Å². The van der Waals surface area contributed by atoms with Gasteiger partial charge in [0.2, 0.25) is 0 Å². The summed E-state index contributed by atoms with van der Waals surface area (Å²) in [6, 6.07) is 0.646. The van der Waals surface area contributed by atoms with Crippen LogP contribution in [0.25, 0.3) is 0 Å². The largest absolute Gasteiger partial charge is 0.394 e. The van der Waals surface area contributed by atoms with Crippen LogP contribution >= 0.6 is 0 Å². The van der Waals surface area contributed by atoms with Gasteiger partial charge in [-0.25, -0.2) is 0 Å². The summed E-state index contributed by atoms with van der Waals surface area (Å²) >= 11 is 0. The lowest BCUT2D eigenvalue weighted by molar-refractivity contribution is -0.0256. The van der Waals surface area contributed by atoms with Crippen LogP contribution in [0.15, 0.2) is 0 Å². The number of hydrogen-bond acceptors (Lipinski definition) is 5. The Labute approximate surface area is 108 Å². The van der Waals surface area contributed by atoms with Crippen LogP contribution in [0.2, 0.25) is 0 Å². The van der Waals surface area contributed by atoms with Crippen LogP contribution in [-0.2, 0) is 4.74 Å².